The molecule has 3 aromatic rings. The van der Waals surface area contributed by atoms with E-state index in [4.69, 9.17) is 0 Å². The molecular formula is C18H20N4O2. The van der Waals surface area contributed by atoms with Crippen molar-refractivity contribution in [3.8, 4) is 0 Å². The third-order valence-corrected chi connectivity index (χ3v) is 3.87. The van der Waals surface area contributed by atoms with Gasteiger partial charge in [-0.25, -0.2) is 0 Å². The van der Waals surface area contributed by atoms with Crippen molar-refractivity contribution in [3.63, 3.8) is 0 Å². The topological polar surface area (TPSA) is 70.1 Å². The Labute approximate surface area is 139 Å². The zero-order chi connectivity index (χ0) is 17.1. The lowest BCUT2D eigenvalue weighted by molar-refractivity contribution is 0.102. The molecule has 2 N–H and O–H groups in total. The van der Waals surface area contributed by atoms with Crippen LogP contribution in [0.15, 0.2) is 53.6 Å². The van der Waals surface area contributed by atoms with Crippen molar-refractivity contribution >= 4 is 22.5 Å². The maximum atomic E-state index is 12.3. The fraction of sp³-hybridized carbons (Fsp3) is 0.222. The van der Waals surface area contributed by atoms with E-state index in [9.17, 15) is 9.59 Å². The molecule has 3 rings (SSSR count). The van der Waals surface area contributed by atoms with Crippen molar-refractivity contribution in [1.29, 1.82) is 0 Å². The van der Waals surface area contributed by atoms with Gasteiger partial charge in [-0.3, -0.25) is 9.59 Å². The van der Waals surface area contributed by atoms with E-state index in [1.807, 2.05) is 32.3 Å². The normalized spacial score (nSPS) is 11.1. The lowest BCUT2D eigenvalue weighted by Gasteiger charge is -2.12. The molecule has 1 aromatic carbocycles. The fourth-order valence-electron chi connectivity index (χ4n) is 2.52. The lowest BCUT2D eigenvalue weighted by Crippen LogP contribution is -2.18. The minimum absolute atomic E-state index is 0.230. The van der Waals surface area contributed by atoms with Crippen LogP contribution < -0.4 is 10.9 Å². The summed E-state index contributed by atoms with van der Waals surface area (Å²) in [7, 11) is 4.09. The summed E-state index contributed by atoms with van der Waals surface area (Å²) in [5, 5.41) is 4.00. The summed E-state index contributed by atoms with van der Waals surface area (Å²) in [4.78, 5) is 28.0. The van der Waals surface area contributed by atoms with E-state index in [2.05, 4.69) is 32.0 Å². The van der Waals surface area contributed by atoms with Gasteiger partial charge >= 0.3 is 0 Å². The van der Waals surface area contributed by atoms with Crippen LogP contribution in [0.5, 0.6) is 0 Å². The third kappa shape index (κ3) is 3.55. The quantitative estimate of drug-likeness (QED) is 0.755. The number of rotatable bonds is 5. The Hall–Kier alpha value is -2.86. The standard InChI is InChI=1S/C18H20N4O2/c1-21(2)9-10-22-8-7-13-3-5-15(11-16(13)22)20-18(24)14-4-6-17(23)19-12-14/h3-8,11-12H,9-10H2,1-2H3,(H,19,23)(H,20,24). The van der Waals surface area contributed by atoms with Crippen molar-refractivity contribution in [2.45, 2.75) is 6.54 Å². The first-order valence-electron chi connectivity index (χ1n) is 7.77. The number of fused-ring (bicyclic) bond motifs is 1. The molecular weight excluding hydrogens is 304 g/mol. The highest BCUT2D eigenvalue weighted by Crippen LogP contribution is 2.21. The smallest absolute Gasteiger partial charge is 0.257 e. The molecule has 0 atom stereocenters. The summed E-state index contributed by atoms with van der Waals surface area (Å²) < 4.78 is 2.17. The first-order valence-corrected chi connectivity index (χ1v) is 7.77. The van der Waals surface area contributed by atoms with Gasteiger partial charge in [-0.2, -0.15) is 0 Å². The Bertz CT molecular complexity index is 904. The van der Waals surface area contributed by atoms with E-state index in [1.54, 1.807) is 0 Å². The molecule has 24 heavy (non-hydrogen) atoms. The molecule has 0 aliphatic rings. The van der Waals surface area contributed by atoms with Crippen LogP contribution in [0.1, 0.15) is 10.4 Å². The number of likely N-dealkylation sites (N-methyl/N-ethyl adjacent to an activating group) is 1. The van der Waals surface area contributed by atoms with E-state index >= 15 is 0 Å². The second-order valence-electron chi connectivity index (χ2n) is 5.98. The molecule has 0 saturated carbocycles. The predicted molar refractivity (Wildman–Crippen MR) is 95.5 cm³/mol. The molecule has 0 spiro atoms. The SMILES string of the molecule is CN(C)CCn1ccc2ccc(NC(=O)c3ccc(=O)[nH]c3)cc21. The maximum Gasteiger partial charge on any atom is 0.257 e. The van der Waals surface area contributed by atoms with Gasteiger partial charge in [-0.1, -0.05) is 6.07 Å². The number of hydrogen-bond donors (Lipinski definition) is 2. The van der Waals surface area contributed by atoms with Crippen molar-refractivity contribution in [2.75, 3.05) is 26.0 Å². The molecule has 6 heteroatoms. The zero-order valence-electron chi connectivity index (χ0n) is 13.7. The number of carbonyl (C=O) groups is 1. The van der Waals surface area contributed by atoms with Gasteiger partial charge in [0.1, 0.15) is 0 Å². The van der Waals surface area contributed by atoms with E-state index < -0.39 is 0 Å². The molecule has 124 valence electrons. The molecule has 0 aliphatic carbocycles. The van der Waals surface area contributed by atoms with Gasteiger partial charge in [0.15, 0.2) is 0 Å². The van der Waals surface area contributed by atoms with Gasteiger partial charge in [0.05, 0.1) is 11.1 Å². The fourth-order valence-corrected chi connectivity index (χ4v) is 2.52. The average Bonchev–Trinajstić information content (AvgIpc) is 2.96. The van der Waals surface area contributed by atoms with Crippen LogP contribution in [0.25, 0.3) is 10.9 Å². The molecule has 0 radical (unpaired) electrons. The Morgan fingerprint density at radius 3 is 2.75 bits per heavy atom. The first kappa shape index (κ1) is 16.0. The number of aromatic amines is 1. The van der Waals surface area contributed by atoms with Crippen LogP contribution >= 0.6 is 0 Å². The molecule has 2 aromatic heterocycles. The first-order chi connectivity index (χ1) is 11.5. The molecule has 0 aliphatic heterocycles. The maximum absolute atomic E-state index is 12.3. The highest BCUT2D eigenvalue weighted by atomic mass is 16.1. The molecule has 0 bridgehead atoms. The van der Waals surface area contributed by atoms with Crippen molar-refractivity contribution in [2.24, 2.45) is 0 Å². The number of anilines is 1. The largest absolute Gasteiger partial charge is 0.346 e. The van der Waals surface area contributed by atoms with Crippen LogP contribution in [0.4, 0.5) is 5.69 Å². The van der Waals surface area contributed by atoms with Crippen molar-refractivity contribution in [1.82, 2.24) is 14.5 Å². The van der Waals surface area contributed by atoms with E-state index in [-0.39, 0.29) is 11.5 Å². The van der Waals surface area contributed by atoms with Crippen LogP contribution in [0, 0.1) is 0 Å². The highest BCUT2D eigenvalue weighted by molar-refractivity contribution is 6.04. The predicted octanol–water partition coefficient (Wildman–Crippen LogP) is 2.14. The average molecular weight is 324 g/mol. The Kier molecular flexibility index (Phi) is 4.48. The molecule has 0 fully saturated rings. The molecule has 1 amide bonds. The van der Waals surface area contributed by atoms with E-state index in [1.165, 1.54) is 18.3 Å². The summed E-state index contributed by atoms with van der Waals surface area (Å²) in [6, 6.07) is 10.7. The number of benzene rings is 1. The number of aromatic nitrogens is 2. The van der Waals surface area contributed by atoms with Crippen molar-refractivity contribution < 1.29 is 4.79 Å². The van der Waals surface area contributed by atoms with Gasteiger partial charge in [-0.15, -0.1) is 0 Å². The Balaban J connectivity index is 1.81. The number of nitrogens with one attached hydrogen (secondary N) is 2. The van der Waals surface area contributed by atoms with Crippen LogP contribution in [-0.4, -0.2) is 41.0 Å². The summed E-state index contributed by atoms with van der Waals surface area (Å²) >= 11 is 0. The molecule has 0 saturated heterocycles. The van der Waals surface area contributed by atoms with Gasteiger partial charge in [0.25, 0.3) is 5.91 Å². The molecule has 2 heterocycles. The lowest BCUT2D eigenvalue weighted by atomic mass is 10.2. The minimum atomic E-state index is -0.253. The van der Waals surface area contributed by atoms with Crippen molar-refractivity contribution in [3.05, 3.63) is 64.7 Å². The van der Waals surface area contributed by atoms with Crippen LogP contribution in [0.3, 0.4) is 0 Å². The number of nitrogens with zero attached hydrogens (tertiary/aromatic N) is 2. The van der Waals surface area contributed by atoms with Gasteiger partial charge in [0, 0.05) is 37.2 Å². The van der Waals surface area contributed by atoms with E-state index in [0.717, 1.165) is 29.7 Å². The number of carbonyl (C=O) groups excluding carboxylic acids is 1. The highest BCUT2D eigenvalue weighted by Gasteiger charge is 2.08. The Morgan fingerprint density at radius 1 is 1.21 bits per heavy atom. The van der Waals surface area contributed by atoms with Gasteiger partial charge < -0.3 is 19.8 Å². The monoisotopic (exact) mass is 324 g/mol. The number of hydrogen-bond acceptors (Lipinski definition) is 3. The second kappa shape index (κ2) is 6.72. The summed E-state index contributed by atoms with van der Waals surface area (Å²) in [5.74, 6) is -0.253. The van der Waals surface area contributed by atoms with Crippen LogP contribution in [-0.2, 0) is 6.54 Å². The number of H-pyrrole nitrogens is 1. The summed E-state index contributed by atoms with van der Waals surface area (Å²) in [5.41, 5.74) is 1.99. The molecule has 6 nitrogen and oxygen atoms in total. The van der Waals surface area contributed by atoms with Gasteiger partial charge in [0.2, 0.25) is 5.56 Å². The molecule has 0 unspecified atom stereocenters. The number of pyridine rings is 1. The number of amides is 1. The third-order valence-electron chi connectivity index (χ3n) is 3.87. The minimum Gasteiger partial charge on any atom is -0.346 e. The Morgan fingerprint density at radius 2 is 2.04 bits per heavy atom. The zero-order valence-corrected chi connectivity index (χ0v) is 13.7. The second-order valence-corrected chi connectivity index (χ2v) is 5.98. The summed E-state index contributed by atoms with van der Waals surface area (Å²) in [6.45, 7) is 1.82. The summed E-state index contributed by atoms with van der Waals surface area (Å²) in [6.07, 6.45) is 3.47. The van der Waals surface area contributed by atoms with E-state index in [0.29, 0.717) is 5.56 Å². The van der Waals surface area contributed by atoms with Gasteiger partial charge in [-0.05, 0) is 43.7 Å². The van der Waals surface area contributed by atoms with Crippen LogP contribution in [0.2, 0.25) is 0 Å².